The number of fused-ring (bicyclic) bond motifs is 1. The Labute approximate surface area is 156 Å². The van der Waals surface area contributed by atoms with Crippen LogP contribution in [0.5, 0.6) is 0 Å². The molecule has 0 bridgehead atoms. The third-order valence-electron chi connectivity index (χ3n) is 3.73. The average Bonchev–Trinajstić information content (AvgIpc) is 2.97. The third kappa shape index (κ3) is 3.88. The molecule has 1 amide bonds. The lowest BCUT2D eigenvalue weighted by molar-refractivity contribution is 0.0829. The molecule has 3 rings (SSSR count). The number of hydrogen-bond donors (Lipinski definition) is 2. The molecule has 0 saturated heterocycles. The minimum Gasteiger partial charge on any atom is -0.378 e. The number of aliphatic hydroxyl groups is 1. The summed E-state index contributed by atoms with van der Waals surface area (Å²) in [6.45, 7) is 3.19. The Morgan fingerprint density at radius 1 is 1.33 bits per heavy atom. The van der Waals surface area contributed by atoms with Gasteiger partial charge in [-0.2, -0.15) is 4.98 Å². The molecular weight excluding hydrogens is 344 g/mol. The molecule has 0 radical (unpaired) electrons. The molecular formula is C19H20N6O2. The van der Waals surface area contributed by atoms with E-state index in [4.69, 9.17) is 5.73 Å². The van der Waals surface area contributed by atoms with Crippen LogP contribution in [0.25, 0.3) is 16.7 Å². The Hall–Kier alpha value is -3.44. The number of nitrogens with zero attached hydrogens (tertiary/aromatic N) is 5. The van der Waals surface area contributed by atoms with Gasteiger partial charge in [0, 0.05) is 38.1 Å². The molecule has 27 heavy (non-hydrogen) atoms. The van der Waals surface area contributed by atoms with Gasteiger partial charge in [0.25, 0.3) is 5.91 Å². The second kappa shape index (κ2) is 6.70. The minimum absolute atomic E-state index is 0.130. The first-order chi connectivity index (χ1) is 12.7. The first-order valence-electron chi connectivity index (χ1n) is 8.23. The van der Waals surface area contributed by atoms with Crippen molar-refractivity contribution in [3.05, 3.63) is 42.0 Å². The molecule has 3 heterocycles. The van der Waals surface area contributed by atoms with E-state index < -0.39 is 5.60 Å². The van der Waals surface area contributed by atoms with Crippen LogP contribution in [0.4, 0.5) is 5.95 Å². The van der Waals surface area contributed by atoms with Crippen molar-refractivity contribution in [2.45, 2.75) is 19.4 Å². The van der Waals surface area contributed by atoms with E-state index in [-0.39, 0.29) is 11.9 Å². The van der Waals surface area contributed by atoms with Crippen LogP contribution in [-0.2, 0) is 0 Å². The Morgan fingerprint density at radius 3 is 2.70 bits per heavy atom. The largest absolute Gasteiger partial charge is 0.378 e. The predicted molar refractivity (Wildman–Crippen MR) is 102 cm³/mol. The molecule has 0 fully saturated rings. The number of rotatable bonds is 2. The molecule has 8 nitrogen and oxygen atoms in total. The molecule has 0 saturated carbocycles. The molecule has 0 atom stereocenters. The van der Waals surface area contributed by atoms with E-state index >= 15 is 0 Å². The minimum atomic E-state index is -1.13. The second-order valence-corrected chi connectivity index (χ2v) is 6.78. The molecule has 0 aliphatic carbocycles. The Balaban J connectivity index is 2.25. The number of carbonyl (C=O) groups excluding carboxylic acids is 1. The summed E-state index contributed by atoms with van der Waals surface area (Å²) in [5, 5.41) is 10.5. The van der Waals surface area contributed by atoms with Crippen LogP contribution in [0, 0.1) is 11.8 Å². The normalized spacial score (nSPS) is 11.1. The number of anilines is 1. The van der Waals surface area contributed by atoms with Gasteiger partial charge in [0.2, 0.25) is 5.95 Å². The zero-order chi connectivity index (χ0) is 19.8. The van der Waals surface area contributed by atoms with Gasteiger partial charge < -0.3 is 20.3 Å². The topological polar surface area (TPSA) is 110 Å². The maximum absolute atomic E-state index is 12.6. The molecule has 0 unspecified atom stereocenters. The van der Waals surface area contributed by atoms with Gasteiger partial charge in [-0.25, -0.2) is 9.97 Å². The molecule has 3 N–H and O–H groups in total. The van der Waals surface area contributed by atoms with Gasteiger partial charge in [-0.15, -0.1) is 0 Å². The third-order valence-corrected chi connectivity index (χ3v) is 3.73. The lowest BCUT2D eigenvalue weighted by Crippen LogP contribution is -2.21. The van der Waals surface area contributed by atoms with Crippen molar-refractivity contribution < 1.29 is 9.90 Å². The molecule has 3 aromatic heterocycles. The summed E-state index contributed by atoms with van der Waals surface area (Å²) < 4.78 is 1.75. The second-order valence-electron chi connectivity index (χ2n) is 6.78. The Kier molecular flexibility index (Phi) is 4.56. The van der Waals surface area contributed by atoms with Crippen molar-refractivity contribution in [2.75, 3.05) is 19.8 Å². The zero-order valence-corrected chi connectivity index (χ0v) is 15.6. The highest BCUT2D eigenvalue weighted by Crippen LogP contribution is 2.25. The van der Waals surface area contributed by atoms with Crippen molar-refractivity contribution in [3.63, 3.8) is 0 Å². The summed E-state index contributed by atoms with van der Waals surface area (Å²) in [5.41, 5.74) is 6.23. The molecule has 0 aliphatic heterocycles. The smallest absolute Gasteiger partial charge is 0.255 e. The Bertz CT molecular complexity index is 1080. The van der Waals surface area contributed by atoms with E-state index in [9.17, 15) is 9.90 Å². The number of amides is 1. The molecule has 0 aliphatic rings. The van der Waals surface area contributed by atoms with Gasteiger partial charge in [0.1, 0.15) is 17.1 Å². The van der Waals surface area contributed by atoms with Crippen molar-refractivity contribution in [3.8, 4) is 17.7 Å². The number of pyridine rings is 1. The fourth-order valence-electron chi connectivity index (χ4n) is 2.50. The van der Waals surface area contributed by atoms with Crippen LogP contribution in [0.3, 0.4) is 0 Å². The number of nitrogens with two attached hydrogens (primary N) is 1. The standard InChI is InChI=1S/C19H20N6O2/c1-19(2,27)7-5-12-9-15-13(10-22-12)14(17(26)24(3)4)11-25(15)16-6-8-21-18(20)23-16/h6,8-11,27H,1-4H3,(H2,20,21,23). The monoisotopic (exact) mass is 364 g/mol. The summed E-state index contributed by atoms with van der Waals surface area (Å²) in [5.74, 6) is 6.08. The van der Waals surface area contributed by atoms with E-state index in [0.717, 1.165) is 0 Å². The fraction of sp³-hybridized carbons (Fsp3) is 0.263. The van der Waals surface area contributed by atoms with Gasteiger partial charge in [-0.05, 0) is 31.9 Å². The lowest BCUT2D eigenvalue weighted by atomic mass is 10.1. The van der Waals surface area contributed by atoms with Crippen molar-refractivity contribution in [1.82, 2.24) is 24.4 Å². The highest BCUT2D eigenvalue weighted by molar-refractivity contribution is 6.07. The van der Waals surface area contributed by atoms with Crippen LogP contribution in [0.15, 0.2) is 30.7 Å². The fourth-order valence-corrected chi connectivity index (χ4v) is 2.50. The van der Waals surface area contributed by atoms with E-state index in [1.165, 1.54) is 4.90 Å². The van der Waals surface area contributed by atoms with Crippen LogP contribution in [0.1, 0.15) is 29.9 Å². The van der Waals surface area contributed by atoms with Gasteiger partial charge in [-0.3, -0.25) is 4.79 Å². The number of carbonyl (C=O) groups is 1. The highest BCUT2D eigenvalue weighted by Gasteiger charge is 2.19. The van der Waals surface area contributed by atoms with E-state index in [2.05, 4.69) is 26.8 Å². The van der Waals surface area contributed by atoms with E-state index in [1.807, 2.05) is 0 Å². The van der Waals surface area contributed by atoms with Crippen molar-refractivity contribution in [1.29, 1.82) is 0 Å². The summed E-state index contributed by atoms with van der Waals surface area (Å²) in [4.78, 5) is 26.5. The van der Waals surface area contributed by atoms with Gasteiger partial charge in [-0.1, -0.05) is 5.92 Å². The first kappa shape index (κ1) is 18.4. The number of nitrogen functional groups attached to an aromatic ring is 1. The number of aromatic nitrogens is 4. The number of hydrogen-bond acceptors (Lipinski definition) is 6. The molecule has 3 aromatic rings. The maximum Gasteiger partial charge on any atom is 0.255 e. The molecule has 0 aromatic carbocycles. The van der Waals surface area contributed by atoms with E-state index in [1.54, 1.807) is 63.2 Å². The van der Waals surface area contributed by atoms with Gasteiger partial charge in [0.05, 0.1) is 11.1 Å². The van der Waals surface area contributed by atoms with Crippen LogP contribution in [0.2, 0.25) is 0 Å². The van der Waals surface area contributed by atoms with Crippen molar-refractivity contribution >= 4 is 22.8 Å². The summed E-state index contributed by atoms with van der Waals surface area (Å²) in [6.07, 6.45) is 4.85. The summed E-state index contributed by atoms with van der Waals surface area (Å²) in [7, 11) is 3.37. The highest BCUT2D eigenvalue weighted by atomic mass is 16.3. The average molecular weight is 364 g/mol. The van der Waals surface area contributed by atoms with Crippen LogP contribution >= 0.6 is 0 Å². The van der Waals surface area contributed by atoms with Gasteiger partial charge in [0.15, 0.2) is 0 Å². The lowest BCUT2D eigenvalue weighted by Gasteiger charge is -2.08. The molecule has 138 valence electrons. The van der Waals surface area contributed by atoms with Crippen molar-refractivity contribution in [2.24, 2.45) is 0 Å². The maximum atomic E-state index is 12.6. The quantitative estimate of drug-likeness (QED) is 0.662. The molecule has 0 spiro atoms. The SMILES string of the molecule is CN(C)C(=O)c1cn(-c2ccnc(N)n2)c2cc(C#CC(C)(C)O)ncc12. The van der Waals surface area contributed by atoms with Crippen LogP contribution in [-0.4, -0.2) is 55.1 Å². The predicted octanol–water partition coefficient (Wildman–Crippen LogP) is 1.22. The first-order valence-corrected chi connectivity index (χ1v) is 8.23. The van der Waals surface area contributed by atoms with E-state index in [0.29, 0.717) is 28.0 Å². The summed E-state index contributed by atoms with van der Waals surface area (Å²) >= 11 is 0. The summed E-state index contributed by atoms with van der Waals surface area (Å²) in [6, 6.07) is 3.45. The molecule has 8 heteroatoms. The Morgan fingerprint density at radius 2 is 2.07 bits per heavy atom. The zero-order valence-electron chi connectivity index (χ0n) is 15.6. The van der Waals surface area contributed by atoms with Gasteiger partial charge >= 0.3 is 0 Å². The van der Waals surface area contributed by atoms with Crippen LogP contribution < -0.4 is 5.73 Å².